The topological polar surface area (TPSA) is 25.8 Å². The molecule has 0 unspecified atom stereocenters. The van der Waals surface area contributed by atoms with Crippen LogP contribution in [0, 0.1) is 0 Å². The minimum atomic E-state index is 0.183. The van der Waals surface area contributed by atoms with Gasteiger partial charge in [0.25, 0.3) is 0 Å². The van der Waals surface area contributed by atoms with E-state index in [0.29, 0.717) is 5.92 Å². The van der Waals surface area contributed by atoms with Crippen LogP contribution in [0.5, 0.6) is 0 Å². The zero-order valence-corrected chi connectivity index (χ0v) is 12.2. The number of aromatic nitrogens is 2. The third-order valence-electron chi connectivity index (χ3n) is 1.62. The van der Waals surface area contributed by atoms with E-state index in [1.54, 1.807) is 11.8 Å². The summed E-state index contributed by atoms with van der Waals surface area (Å²) in [5.74, 6) is 1.26. The SMILES string of the molecule is CC(C)c1nc(Br)cc(SC(C)(C)C)n1. The molecule has 0 spiro atoms. The predicted molar refractivity (Wildman–Crippen MR) is 69.4 cm³/mol. The van der Waals surface area contributed by atoms with Crippen molar-refractivity contribution in [3.8, 4) is 0 Å². The second kappa shape index (κ2) is 4.83. The van der Waals surface area contributed by atoms with Crippen molar-refractivity contribution in [1.82, 2.24) is 9.97 Å². The van der Waals surface area contributed by atoms with Crippen molar-refractivity contribution < 1.29 is 0 Å². The molecule has 0 saturated carbocycles. The number of hydrogen-bond acceptors (Lipinski definition) is 3. The molecule has 84 valence electrons. The lowest BCUT2D eigenvalue weighted by molar-refractivity contribution is 0.741. The Morgan fingerprint density at radius 1 is 1.27 bits per heavy atom. The van der Waals surface area contributed by atoms with Crippen LogP contribution >= 0.6 is 27.7 Å². The van der Waals surface area contributed by atoms with Gasteiger partial charge in [-0.15, -0.1) is 11.8 Å². The van der Waals surface area contributed by atoms with E-state index in [1.165, 1.54) is 0 Å². The quantitative estimate of drug-likeness (QED) is 0.601. The fourth-order valence-electron chi connectivity index (χ4n) is 1.04. The molecule has 0 saturated heterocycles. The Bertz CT molecular complexity index is 345. The maximum absolute atomic E-state index is 4.54. The van der Waals surface area contributed by atoms with Crippen molar-refractivity contribution >= 4 is 27.7 Å². The number of thioether (sulfide) groups is 1. The van der Waals surface area contributed by atoms with Crippen LogP contribution in [0.25, 0.3) is 0 Å². The Morgan fingerprint density at radius 2 is 1.87 bits per heavy atom. The summed E-state index contributed by atoms with van der Waals surface area (Å²) >= 11 is 5.19. The molecule has 0 fully saturated rings. The number of halogens is 1. The molecule has 0 aliphatic rings. The first-order valence-electron chi connectivity index (χ1n) is 5.01. The summed E-state index contributed by atoms with van der Waals surface area (Å²) in [5.41, 5.74) is 0. The Kier molecular flexibility index (Phi) is 4.18. The smallest absolute Gasteiger partial charge is 0.133 e. The number of nitrogens with zero attached hydrogens (tertiary/aromatic N) is 2. The first-order chi connectivity index (χ1) is 6.78. The standard InChI is InChI=1S/C11H17BrN2S/c1-7(2)10-13-8(12)6-9(14-10)15-11(3,4)5/h6-7H,1-5H3. The molecule has 4 heteroatoms. The molecule has 0 amide bonds. The van der Waals surface area contributed by atoms with Crippen LogP contribution in [-0.4, -0.2) is 14.7 Å². The van der Waals surface area contributed by atoms with Gasteiger partial charge in [-0.1, -0.05) is 34.6 Å². The first-order valence-corrected chi connectivity index (χ1v) is 6.62. The Balaban J connectivity index is 2.99. The van der Waals surface area contributed by atoms with E-state index in [9.17, 15) is 0 Å². The zero-order chi connectivity index (χ0) is 11.6. The molecule has 2 nitrogen and oxygen atoms in total. The van der Waals surface area contributed by atoms with Gasteiger partial charge in [-0.3, -0.25) is 0 Å². The van der Waals surface area contributed by atoms with Gasteiger partial charge in [0.05, 0.1) is 0 Å². The largest absolute Gasteiger partial charge is 0.226 e. The van der Waals surface area contributed by atoms with E-state index in [1.807, 2.05) is 6.07 Å². The summed E-state index contributed by atoms with van der Waals surface area (Å²) in [6.07, 6.45) is 0. The molecule has 15 heavy (non-hydrogen) atoms. The predicted octanol–water partition coefficient (Wildman–Crippen LogP) is 4.25. The molecule has 1 aromatic rings. The molecule has 0 N–H and O–H groups in total. The van der Waals surface area contributed by atoms with Gasteiger partial charge in [-0.05, 0) is 15.9 Å². The minimum absolute atomic E-state index is 0.183. The monoisotopic (exact) mass is 288 g/mol. The molecule has 1 aromatic heterocycles. The van der Waals surface area contributed by atoms with Crippen molar-refractivity contribution in [2.24, 2.45) is 0 Å². The molecule has 0 atom stereocenters. The third kappa shape index (κ3) is 4.51. The van der Waals surface area contributed by atoms with Crippen LogP contribution in [0.2, 0.25) is 0 Å². The summed E-state index contributed by atoms with van der Waals surface area (Å²) in [7, 11) is 0. The molecule has 0 aromatic carbocycles. The number of rotatable bonds is 2. The molecular weight excluding hydrogens is 272 g/mol. The highest BCUT2D eigenvalue weighted by atomic mass is 79.9. The summed E-state index contributed by atoms with van der Waals surface area (Å²) in [4.78, 5) is 8.90. The molecule has 0 bridgehead atoms. The highest BCUT2D eigenvalue weighted by Gasteiger charge is 2.15. The van der Waals surface area contributed by atoms with Crippen molar-refractivity contribution in [3.05, 3.63) is 16.5 Å². The molecule has 0 radical (unpaired) electrons. The Hall–Kier alpha value is -0.0900. The maximum atomic E-state index is 4.54. The van der Waals surface area contributed by atoms with E-state index in [0.717, 1.165) is 15.5 Å². The van der Waals surface area contributed by atoms with Crippen molar-refractivity contribution in [2.75, 3.05) is 0 Å². The van der Waals surface area contributed by atoms with Gasteiger partial charge in [-0.2, -0.15) is 0 Å². The molecular formula is C11H17BrN2S. The van der Waals surface area contributed by atoms with Gasteiger partial charge in [0.1, 0.15) is 15.5 Å². The third-order valence-corrected chi connectivity index (χ3v) is 3.05. The van der Waals surface area contributed by atoms with E-state index < -0.39 is 0 Å². The van der Waals surface area contributed by atoms with Gasteiger partial charge < -0.3 is 0 Å². The van der Waals surface area contributed by atoms with Gasteiger partial charge in [0.2, 0.25) is 0 Å². The zero-order valence-electron chi connectivity index (χ0n) is 9.84. The first kappa shape index (κ1) is 13.0. The van der Waals surface area contributed by atoms with Crippen molar-refractivity contribution in [3.63, 3.8) is 0 Å². The summed E-state index contributed by atoms with van der Waals surface area (Å²) < 4.78 is 1.05. The second-order valence-corrected chi connectivity index (χ2v) is 7.42. The fourth-order valence-corrected chi connectivity index (χ4v) is 2.53. The maximum Gasteiger partial charge on any atom is 0.133 e. The molecule has 1 heterocycles. The van der Waals surface area contributed by atoms with Crippen LogP contribution in [0.3, 0.4) is 0 Å². The average molecular weight is 289 g/mol. The Morgan fingerprint density at radius 3 is 2.33 bits per heavy atom. The van der Waals surface area contributed by atoms with Crippen LogP contribution in [-0.2, 0) is 0 Å². The molecule has 0 aliphatic carbocycles. The van der Waals surface area contributed by atoms with Crippen molar-refractivity contribution in [2.45, 2.75) is 50.3 Å². The van der Waals surface area contributed by atoms with Crippen LogP contribution in [0.4, 0.5) is 0 Å². The lowest BCUT2D eigenvalue weighted by atomic mass is 10.2. The lowest BCUT2D eigenvalue weighted by Gasteiger charge is -2.17. The highest BCUT2D eigenvalue weighted by molar-refractivity contribution is 9.10. The molecule has 1 rings (SSSR count). The van der Waals surface area contributed by atoms with Crippen molar-refractivity contribution in [1.29, 1.82) is 0 Å². The van der Waals surface area contributed by atoms with E-state index in [2.05, 4.69) is 60.5 Å². The van der Waals surface area contributed by atoms with Gasteiger partial charge in [0.15, 0.2) is 0 Å². The van der Waals surface area contributed by atoms with Gasteiger partial charge in [-0.25, -0.2) is 9.97 Å². The van der Waals surface area contributed by atoms with E-state index in [4.69, 9.17) is 0 Å². The summed E-state index contributed by atoms with van der Waals surface area (Å²) in [5, 5.41) is 1.04. The van der Waals surface area contributed by atoms with E-state index >= 15 is 0 Å². The lowest BCUT2D eigenvalue weighted by Crippen LogP contribution is -2.08. The van der Waals surface area contributed by atoms with E-state index in [-0.39, 0.29) is 4.75 Å². The van der Waals surface area contributed by atoms with Crippen LogP contribution in [0.15, 0.2) is 15.7 Å². The Labute approximate surface area is 104 Å². The normalized spacial score (nSPS) is 12.2. The second-order valence-electron chi connectivity index (χ2n) is 4.76. The fraction of sp³-hybridized carbons (Fsp3) is 0.636. The van der Waals surface area contributed by atoms with Crippen LogP contribution in [0.1, 0.15) is 46.4 Å². The number of hydrogen-bond donors (Lipinski definition) is 0. The minimum Gasteiger partial charge on any atom is -0.226 e. The van der Waals surface area contributed by atoms with Crippen LogP contribution < -0.4 is 0 Å². The average Bonchev–Trinajstić information content (AvgIpc) is 1.99. The van der Waals surface area contributed by atoms with Gasteiger partial charge in [0, 0.05) is 16.7 Å². The van der Waals surface area contributed by atoms with Gasteiger partial charge >= 0.3 is 0 Å². The highest BCUT2D eigenvalue weighted by Crippen LogP contribution is 2.32. The molecule has 0 aliphatic heterocycles. The summed E-state index contributed by atoms with van der Waals surface area (Å²) in [6.45, 7) is 10.8. The summed E-state index contributed by atoms with van der Waals surface area (Å²) in [6, 6.07) is 1.97.